The van der Waals surface area contributed by atoms with Gasteiger partial charge in [0, 0.05) is 17.1 Å². The van der Waals surface area contributed by atoms with Crippen molar-refractivity contribution in [3.63, 3.8) is 0 Å². The molecule has 0 radical (unpaired) electrons. The van der Waals surface area contributed by atoms with Gasteiger partial charge in [-0.3, -0.25) is 0 Å². The van der Waals surface area contributed by atoms with E-state index in [0.29, 0.717) is 0 Å². The van der Waals surface area contributed by atoms with Crippen LogP contribution in [0.15, 0.2) is 91.0 Å². The third-order valence-corrected chi connectivity index (χ3v) is 63.5. The topological polar surface area (TPSA) is 9.23 Å². The van der Waals surface area contributed by atoms with E-state index in [-0.39, 0.29) is 26.4 Å². The normalized spacial score (nSPS) is 22.8. The van der Waals surface area contributed by atoms with Crippen LogP contribution in [0.4, 0.5) is 0 Å². The highest BCUT2D eigenvalue weighted by Crippen LogP contribution is 2.14. The Kier molecular flexibility index (Phi) is 4.92. The molecule has 0 bridgehead atoms. The number of benzene rings is 3. The van der Waals surface area contributed by atoms with Gasteiger partial charge in [0.05, 0.1) is 7.83 Å². The Balaban J connectivity index is 1.94. The molecule has 0 aromatic heterocycles. The summed E-state index contributed by atoms with van der Waals surface area (Å²) in [6.45, 7) is 0. The number of hydrogen-bond donors (Lipinski definition) is 0. The lowest BCUT2D eigenvalue weighted by Gasteiger charge is -2.42. The van der Waals surface area contributed by atoms with E-state index in [1.165, 1.54) is 10.4 Å². The van der Waals surface area contributed by atoms with Gasteiger partial charge < -0.3 is 4.12 Å². The van der Waals surface area contributed by atoms with Gasteiger partial charge in [0.25, 0.3) is 0 Å². The van der Waals surface area contributed by atoms with Gasteiger partial charge in [0.2, 0.25) is 7.83 Å². The van der Waals surface area contributed by atoms with Crippen molar-refractivity contribution in [3.8, 4) is 0 Å². The molecule has 3 aromatic carbocycles. The Morgan fingerprint density at radius 2 is 1.17 bits per heavy atom. The quantitative estimate of drug-likeness (QED) is 0.504. The van der Waals surface area contributed by atoms with Gasteiger partial charge in [-0.2, -0.15) is 0 Å². The molecule has 0 saturated carbocycles. The zero-order chi connectivity index (χ0) is 16.2. The largest absolute Gasteiger partial charge is 0.460 e. The van der Waals surface area contributed by atoms with Crippen LogP contribution >= 0.6 is 0 Å². The van der Waals surface area contributed by atoms with Crippen molar-refractivity contribution in [1.82, 2.24) is 0 Å². The molecule has 0 aliphatic carbocycles. The molecule has 0 N–H and O–H groups in total. The van der Waals surface area contributed by atoms with Crippen LogP contribution < -0.4 is 15.6 Å². The van der Waals surface area contributed by atoms with Gasteiger partial charge in [-0.1, -0.05) is 96.2 Å². The molecule has 120 valence electrons. The SMILES string of the molecule is c1ccc([SiH]2[SiH2][SiH2][SiH2]O[Si]2(c2ccccc2)c2ccccc2)cc1. The van der Waals surface area contributed by atoms with E-state index in [2.05, 4.69) is 91.0 Å². The monoisotopic (exact) mass is 394 g/mol. The number of rotatable bonds is 3. The van der Waals surface area contributed by atoms with Gasteiger partial charge in [0.15, 0.2) is 0 Å². The molecule has 1 saturated heterocycles. The second-order valence-corrected chi connectivity index (χ2v) is 39.7. The van der Waals surface area contributed by atoms with E-state index in [4.69, 9.17) is 4.12 Å². The van der Waals surface area contributed by atoms with Crippen molar-refractivity contribution in [2.75, 3.05) is 0 Å². The summed E-state index contributed by atoms with van der Waals surface area (Å²) in [7, 11) is -2.97. The summed E-state index contributed by atoms with van der Waals surface area (Å²) in [6, 6.07) is 34.0. The summed E-state index contributed by atoms with van der Waals surface area (Å²) in [4.78, 5) is 0. The second kappa shape index (κ2) is 7.30. The van der Waals surface area contributed by atoms with Crippen molar-refractivity contribution in [1.29, 1.82) is 0 Å². The van der Waals surface area contributed by atoms with Gasteiger partial charge in [0.1, 0.15) is 9.28 Å². The fourth-order valence-electron chi connectivity index (χ4n) is 4.02. The Bertz CT molecular complexity index is 743. The second-order valence-electron chi connectivity index (χ2n) is 6.42. The molecular weight excluding hydrogens is 373 g/mol. The first kappa shape index (κ1) is 16.2. The van der Waals surface area contributed by atoms with Crippen LogP contribution in [-0.2, 0) is 4.12 Å². The molecule has 6 heteroatoms. The van der Waals surface area contributed by atoms with Gasteiger partial charge >= 0.3 is 0 Å². The highest BCUT2D eigenvalue weighted by molar-refractivity contribution is 7.74. The average molecular weight is 395 g/mol. The molecule has 1 nitrogen and oxygen atoms in total. The first-order valence-electron chi connectivity index (χ1n) is 8.71. The molecule has 1 aliphatic heterocycles. The van der Waals surface area contributed by atoms with Crippen LogP contribution in [0.1, 0.15) is 0 Å². The average Bonchev–Trinajstić information content (AvgIpc) is 2.70. The molecule has 1 aliphatic rings. The predicted molar refractivity (Wildman–Crippen MR) is 118 cm³/mol. The highest BCUT2D eigenvalue weighted by Gasteiger charge is 2.49. The molecule has 24 heavy (non-hydrogen) atoms. The molecule has 1 unspecified atom stereocenters. The van der Waals surface area contributed by atoms with E-state index in [9.17, 15) is 0 Å². The zero-order valence-electron chi connectivity index (χ0n) is 13.8. The molecular formula is C18H22OSi5. The lowest BCUT2D eigenvalue weighted by molar-refractivity contribution is 0.642. The zero-order valence-corrected chi connectivity index (χ0v) is 20.2. The van der Waals surface area contributed by atoms with E-state index in [1.54, 1.807) is 5.19 Å². The third-order valence-electron chi connectivity index (χ3n) is 5.06. The Morgan fingerprint density at radius 3 is 1.71 bits per heavy atom. The van der Waals surface area contributed by atoms with Crippen molar-refractivity contribution in [2.24, 2.45) is 0 Å². The van der Waals surface area contributed by atoms with Gasteiger partial charge in [-0.05, 0) is 10.4 Å². The maximum atomic E-state index is 7.04. The molecule has 0 spiro atoms. The highest BCUT2D eigenvalue weighted by atomic mass is 29.9. The summed E-state index contributed by atoms with van der Waals surface area (Å²) in [5.74, 6) is 0. The molecule has 1 heterocycles. The Hall–Kier alpha value is -1.30. The Labute approximate surface area is 152 Å². The molecule has 0 amide bonds. The van der Waals surface area contributed by atoms with Gasteiger partial charge in [-0.15, -0.1) is 0 Å². The van der Waals surface area contributed by atoms with Crippen LogP contribution in [0.3, 0.4) is 0 Å². The van der Waals surface area contributed by atoms with E-state index < -0.39 is 15.7 Å². The van der Waals surface area contributed by atoms with Crippen LogP contribution in [0.5, 0.6) is 0 Å². The lowest BCUT2D eigenvalue weighted by atomic mass is 10.4. The summed E-state index contributed by atoms with van der Waals surface area (Å²) in [6.07, 6.45) is 0. The van der Waals surface area contributed by atoms with Crippen molar-refractivity contribution < 1.29 is 4.12 Å². The minimum Gasteiger partial charge on any atom is -0.460 e. The predicted octanol–water partition coefficient (Wildman–Crippen LogP) is -1.26. The molecule has 4 rings (SSSR count). The standard InChI is InChI=1S/C18H22OSi5/c1-4-10-16(11-5-1)23-22-21-20-19-24(23,17-12-6-2-7-13-17)18-14-8-3-9-15-18/h1-15,23H,20-22H2. The maximum absolute atomic E-state index is 7.04. The first-order chi connectivity index (χ1) is 11.9. The third kappa shape index (κ3) is 2.89. The van der Waals surface area contributed by atoms with Crippen molar-refractivity contribution in [3.05, 3.63) is 91.0 Å². The summed E-state index contributed by atoms with van der Waals surface area (Å²) in [5.41, 5.74) is 0. The fraction of sp³-hybridized carbons (Fsp3) is 0. The number of hydrogen-bond acceptors (Lipinski definition) is 1. The summed E-state index contributed by atoms with van der Waals surface area (Å²) < 4.78 is 7.04. The van der Waals surface area contributed by atoms with Crippen LogP contribution in [0.2, 0.25) is 0 Å². The minimum atomic E-state index is -2.01. The Morgan fingerprint density at radius 1 is 0.667 bits per heavy atom. The smallest absolute Gasteiger partial charge is 0.226 e. The van der Waals surface area contributed by atoms with E-state index in [0.717, 1.165) is 0 Å². The van der Waals surface area contributed by atoms with Gasteiger partial charge in [-0.25, -0.2) is 0 Å². The first-order valence-corrected chi connectivity index (χ1v) is 24.8. The van der Waals surface area contributed by atoms with E-state index >= 15 is 0 Å². The molecule has 1 fully saturated rings. The van der Waals surface area contributed by atoms with Crippen molar-refractivity contribution in [2.45, 2.75) is 0 Å². The van der Waals surface area contributed by atoms with Crippen molar-refractivity contribution >= 4 is 57.6 Å². The van der Waals surface area contributed by atoms with Crippen LogP contribution in [0.25, 0.3) is 0 Å². The van der Waals surface area contributed by atoms with Crippen LogP contribution in [-0.4, -0.2) is 42.1 Å². The van der Waals surface area contributed by atoms with E-state index in [1.807, 2.05) is 0 Å². The molecule has 3 aromatic rings. The van der Waals surface area contributed by atoms with Crippen LogP contribution in [0, 0.1) is 0 Å². The lowest BCUT2D eigenvalue weighted by Crippen LogP contribution is -2.80. The minimum absolute atomic E-state index is 0.109. The summed E-state index contributed by atoms with van der Waals surface area (Å²) in [5, 5.41) is 4.74. The summed E-state index contributed by atoms with van der Waals surface area (Å²) >= 11 is 0. The molecule has 1 atom stereocenters. The fourth-order valence-corrected chi connectivity index (χ4v) is 98.7. The maximum Gasteiger partial charge on any atom is 0.226 e.